The second-order valence-corrected chi connectivity index (χ2v) is 6.16. The predicted octanol–water partition coefficient (Wildman–Crippen LogP) is 1.33. The third-order valence-corrected chi connectivity index (χ3v) is 4.24. The average molecular weight is 355 g/mol. The molecule has 0 aromatic heterocycles. The molecule has 2 aliphatic heterocycles. The lowest BCUT2D eigenvalue weighted by atomic mass is 10.1. The summed E-state index contributed by atoms with van der Waals surface area (Å²) in [6.45, 7) is 4.38. The Bertz CT molecular complexity index is 530. The van der Waals surface area contributed by atoms with Gasteiger partial charge in [0.2, 0.25) is 5.91 Å². The Hall–Kier alpha value is -1.11. The molecule has 114 valence electrons. The third-order valence-electron chi connectivity index (χ3n) is 3.78. The highest BCUT2D eigenvalue weighted by atomic mass is 79.9. The highest BCUT2D eigenvalue weighted by Crippen LogP contribution is 2.32. The topological polar surface area (TPSA) is 50.8 Å². The van der Waals surface area contributed by atoms with Gasteiger partial charge in [-0.2, -0.15) is 0 Å². The van der Waals surface area contributed by atoms with Gasteiger partial charge in [-0.3, -0.25) is 4.79 Å². The summed E-state index contributed by atoms with van der Waals surface area (Å²) in [7, 11) is 0. The van der Waals surface area contributed by atoms with Crippen molar-refractivity contribution in [3.05, 3.63) is 27.7 Å². The molecular formula is C15H19BrN2O3. The molecule has 0 unspecified atom stereocenters. The molecule has 1 N–H and O–H groups in total. The van der Waals surface area contributed by atoms with Crippen molar-refractivity contribution in [1.29, 1.82) is 0 Å². The summed E-state index contributed by atoms with van der Waals surface area (Å²) in [4.78, 5) is 13.9. The van der Waals surface area contributed by atoms with Gasteiger partial charge in [-0.25, -0.2) is 0 Å². The van der Waals surface area contributed by atoms with E-state index < -0.39 is 0 Å². The number of ether oxygens (including phenoxy) is 2. The van der Waals surface area contributed by atoms with Crippen LogP contribution in [0.4, 0.5) is 0 Å². The van der Waals surface area contributed by atoms with Crippen molar-refractivity contribution in [2.45, 2.75) is 13.0 Å². The van der Waals surface area contributed by atoms with Crippen molar-refractivity contribution < 1.29 is 14.3 Å². The van der Waals surface area contributed by atoms with Gasteiger partial charge in [0.15, 0.2) is 0 Å². The SMILES string of the molecule is O=C(CNCc1cc(Br)cc2c1OCC2)N1CCOCC1. The molecule has 0 atom stereocenters. The fourth-order valence-corrected chi connectivity index (χ4v) is 3.26. The van der Waals surface area contributed by atoms with Gasteiger partial charge in [0.25, 0.3) is 0 Å². The minimum Gasteiger partial charge on any atom is -0.493 e. The second-order valence-electron chi connectivity index (χ2n) is 5.25. The quantitative estimate of drug-likeness (QED) is 0.886. The van der Waals surface area contributed by atoms with Gasteiger partial charge in [-0.05, 0) is 17.7 Å². The van der Waals surface area contributed by atoms with Crippen LogP contribution in [0.25, 0.3) is 0 Å². The van der Waals surface area contributed by atoms with Crippen molar-refractivity contribution in [3.63, 3.8) is 0 Å². The predicted molar refractivity (Wildman–Crippen MR) is 82.4 cm³/mol. The minimum atomic E-state index is 0.130. The molecule has 0 bridgehead atoms. The fraction of sp³-hybridized carbons (Fsp3) is 0.533. The Morgan fingerprint density at radius 1 is 1.29 bits per heavy atom. The van der Waals surface area contributed by atoms with Crippen LogP contribution in [0.3, 0.4) is 0 Å². The van der Waals surface area contributed by atoms with Crippen molar-refractivity contribution in [1.82, 2.24) is 10.2 Å². The highest BCUT2D eigenvalue weighted by Gasteiger charge is 2.19. The first-order chi connectivity index (χ1) is 10.2. The number of benzene rings is 1. The van der Waals surface area contributed by atoms with E-state index in [1.54, 1.807) is 0 Å². The number of amides is 1. The molecule has 0 radical (unpaired) electrons. The third kappa shape index (κ3) is 3.56. The minimum absolute atomic E-state index is 0.130. The van der Waals surface area contributed by atoms with Gasteiger partial charge in [0.05, 0.1) is 26.4 Å². The summed E-state index contributed by atoms with van der Waals surface area (Å²) < 4.78 is 12.0. The van der Waals surface area contributed by atoms with Crippen LogP contribution in [0.1, 0.15) is 11.1 Å². The molecule has 2 aliphatic rings. The molecule has 1 amide bonds. The zero-order valence-electron chi connectivity index (χ0n) is 11.9. The van der Waals surface area contributed by atoms with Crippen LogP contribution in [0.15, 0.2) is 16.6 Å². The number of carbonyl (C=O) groups is 1. The fourth-order valence-electron chi connectivity index (χ4n) is 2.71. The Kier molecular flexibility index (Phi) is 4.77. The van der Waals surface area contributed by atoms with E-state index in [0.717, 1.165) is 28.8 Å². The number of rotatable bonds is 4. The van der Waals surface area contributed by atoms with Crippen molar-refractivity contribution >= 4 is 21.8 Å². The number of nitrogens with zero attached hydrogens (tertiary/aromatic N) is 1. The van der Waals surface area contributed by atoms with Crippen molar-refractivity contribution in [3.8, 4) is 5.75 Å². The Labute approximate surface area is 132 Å². The number of carbonyl (C=O) groups excluding carboxylic acids is 1. The largest absolute Gasteiger partial charge is 0.493 e. The van der Waals surface area contributed by atoms with Gasteiger partial charge >= 0.3 is 0 Å². The lowest BCUT2D eigenvalue weighted by Gasteiger charge is -2.27. The van der Waals surface area contributed by atoms with Crippen LogP contribution in [0, 0.1) is 0 Å². The molecule has 0 aliphatic carbocycles. The van der Waals surface area contributed by atoms with Gasteiger partial charge in [-0.1, -0.05) is 15.9 Å². The lowest BCUT2D eigenvalue weighted by Crippen LogP contribution is -2.44. The summed E-state index contributed by atoms with van der Waals surface area (Å²) in [5.41, 5.74) is 2.34. The summed E-state index contributed by atoms with van der Waals surface area (Å²) in [6.07, 6.45) is 0.953. The number of hydrogen-bond acceptors (Lipinski definition) is 4. The van der Waals surface area contributed by atoms with Crippen LogP contribution in [-0.4, -0.2) is 50.3 Å². The summed E-state index contributed by atoms with van der Waals surface area (Å²) >= 11 is 3.53. The molecule has 1 aromatic carbocycles. The van der Waals surface area contributed by atoms with E-state index in [4.69, 9.17) is 9.47 Å². The first kappa shape index (κ1) is 14.8. The van der Waals surface area contributed by atoms with Crippen LogP contribution in [0.5, 0.6) is 5.75 Å². The second kappa shape index (κ2) is 6.77. The number of fused-ring (bicyclic) bond motifs is 1. The lowest BCUT2D eigenvalue weighted by molar-refractivity contribution is -0.134. The molecule has 1 aromatic rings. The van der Waals surface area contributed by atoms with Gasteiger partial charge in [-0.15, -0.1) is 0 Å². The molecule has 0 saturated carbocycles. The number of halogens is 1. The van der Waals surface area contributed by atoms with Crippen LogP contribution in [-0.2, 0) is 22.5 Å². The summed E-state index contributed by atoms with van der Waals surface area (Å²) in [5.74, 6) is 1.11. The molecule has 5 nitrogen and oxygen atoms in total. The van der Waals surface area contributed by atoms with Crippen molar-refractivity contribution in [2.24, 2.45) is 0 Å². The molecule has 3 rings (SSSR count). The van der Waals surface area contributed by atoms with Crippen LogP contribution in [0.2, 0.25) is 0 Å². The first-order valence-electron chi connectivity index (χ1n) is 7.24. The molecule has 6 heteroatoms. The van der Waals surface area contributed by atoms with E-state index in [1.807, 2.05) is 4.90 Å². The zero-order chi connectivity index (χ0) is 14.7. The van der Waals surface area contributed by atoms with E-state index in [9.17, 15) is 4.79 Å². The maximum Gasteiger partial charge on any atom is 0.236 e. The average Bonchev–Trinajstić information content (AvgIpc) is 2.96. The zero-order valence-corrected chi connectivity index (χ0v) is 13.4. The van der Waals surface area contributed by atoms with Crippen LogP contribution < -0.4 is 10.1 Å². The summed E-state index contributed by atoms with van der Waals surface area (Å²) in [5, 5.41) is 3.22. The molecule has 21 heavy (non-hydrogen) atoms. The Morgan fingerprint density at radius 3 is 2.90 bits per heavy atom. The first-order valence-corrected chi connectivity index (χ1v) is 8.03. The monoisotopic (exact) mass is 354 g/mol. The van der Waals surface area contributed by atoms with E-state index in [0.29, 0.717) is 39.4 Å². The Morgan fingerprint density at radius 2 is 2.10 bits per heavy atom. The maximum absolute atomic E-state index is 12.1. The van der Waals surface area contributed by atoms with E-state index in [-0.39, 0.29) is 5.91 Å². The van der Waals surface area contributed by atoms with E-state index in [1.165, 1.54) is 5.56 Å². The van der Waals surface area contributed by atoms with Gasteiger partial charge < -0.3 is 19.7 Å². The van der Waals surface area contributed by atoms with Crippen molar-refractivity contribution in [2.75, 3.05) is 39.5 Å². The normalized spacial score (nSPS) is 17.5. The number of nitrogens with one attached hydrogen (secondary N) is 1. The molecule has 2 heterocycles. The number of hydrogen-bond donors (Lipinski definition) is 1. The molecule has 1 saturated heterocycles. The van der Waals surface area contributed by atoms with Gasteiger partial charge in [0.1, 0.15) is 5.75 Å². The van der Waals surface area contributed by atoms with E-state index >= 15 is 0 Å². The molecular weight excluding hydrogens is 336 g/mol. The van der Waals surface area contributed by atoms with E-state index in [2.05, 4.69) is 33.4 Å². The maximum atomic E-state index is 12.1. The van der Waals surface area contributed by atoms with Gasteiger partial charge in [0, 0.05) is 36.1 Å². The Balaban J connectivity index is 1.55. The molecule has 0 spiro atoms. The smallest absolute Gasteiger partial charge is 0.236 e. The van der Waals surface area contributed by atoms with Crippen LogP contribution >= 0.6 is 15.9 Å². The highest BCUT2D eigenvalue weighted by molar-refractivity contribution is 9.10. The number of morpholine rings is 1. The molecule has 1 fully saturated rings. The summed E-state index contributed by atoms with van der Waals surface area (Å²) in [6, 6.07) is 4.15. The standard InChI is InChI=1S/C15H19BrN2O3/c16-13-7-11-1-4-21-15(11)12(8-13)9-17-10-14(19)18-2-5-20-6-3-18/h7-8,17H,1-6,9-10H2.